The maximum absolute atomic E-state index is 13.1. The van der Waals surface area contributed by atoms with Crippen LogP contribution in [-0.4, -0.2) is 34.6 Å². The van der Waals surface area contributed by atoms with E-state index in [1.807, 2.05) is 30.3 Å². The first-order chi connectivity index (χ1) is 14.4. The van der Waals surface area contributed by atoms with Crippen LogP contribution in [-0.2, 0) is 16.1 Å². The Morgan fingerprint density at radius 2 is 1.77 bits per heavy atom. The summed E-state index contributed by atoms with van der Waals surface area (Å²) in [4.78, 5) is 28.6. The molecule has 1 aliphatic carbocycles. The Bertz CT molecular complexity index is 870. The van der Waals surface area contributed by atoms with E-state index in [0.717, 1.165) is 36.1 Å². The number of halogens is 2. The van der Waals surface area contributed by atoms with Crippen molar-refractivity contribution in [2.75, 3.05) is 5.75 Å². The third kappa shape index (κ3) is 6.40. The zero-order chi connectivity index (χ0) is 21.5. The van der Waals surface area contributed by atoms with Crippen molar-refractivity contribution in [3.8, 4) is 0 Å². The molecule has 1 aliphatic rings. The van der Waals surface area contributed by atoms with Crippen LogP contribution in [0.15, 0.2) is 53.4 Å². The van der Waals surface area contributed by atoms with Crippen LogP contribution >= 0.6 is 35.0 Å². The Hall–Kier alpha value is -1.69. The monoisotopic (exact) mass is 464 g/mol. The van der Waals surface area contributed by atoms with Crippen molar-refractivity contribution >= 4 is 46.8 Å². The van der Waals surface area contributed by atoms with Crippen molar-refractivity contribution in [1.82, 2.24) is 10.2 Å². The number of nitrogens with one attached hydrogen (secondary N) is 1. The first-order valence-electron chi connectivity index (χ1n) is 10.2. The van der Waals surface area contributed by atoms with Gasteiger partial charge < -0.3 is 10.2 Å². The van der Waals surface area contributed by atoms with E-state index in [2.05, 4.69) is 5.32 Å². The standard InChI is InChI=1S/C23H26Cl2N2O2S/c1-16(23(29)26-19-7-3-4-8-19)27(14-17-6-2-5-9-21(17)25)22(28)15-30-20-12-10-18(24)11-13-20/h2,5-6,9-13,16,19H,3-4,7-8,14-15H2,1H3,(H,26,29). The third-order valence-corrected chi connectivity index (χ3v) is 6.96. The highest BCUT2D eigenvalue weighted by Gasteiger charge is 2.28. The Balaban J connectivity index is 1.71. The summed E-state index contributed by atoms with van der Waals surface area (Å²) in [6.45, 7) is 2.07. The number of hydrogen-bond donors (Lipinski definition) is 1. The minimum atomic E-state index is -0.583. The maximum atomic E-state index is 13.1. The van der Waals surface area contributed by atoms with Gasteiger partial charge in [0, 0.05) is 27.5 Å². The molecule has 0 spiro atoms. The van der Waals surface area contributed by atoms with Gasteiger partial charge in [0.25, 0.3) is 0 Å². The summed E-state index contributed by atoms with van der Waals surface area (Å²) in [5, 5.41) is 4.35. The van der Waals surface area contributed by atoms with Crippen LogP contribution < -0.4 is 5.32 Å². The molecule has 1 unspecified atom stereocenters. The molecule has 3 rings (SSSR count). The van der Waals surface area contributed by atoms with Crippen molar-refractivity contribution in [3.05, 3.63) is 64.1 Å². The number of carbonyl (C=O) groups is 2. The molecular formula is C23H26Cl2N2O2S. The molecule has 0 saturated heterocycles. The number of amides is 2. The van der Waals surface area contributed by atoms with E-state index in [9.17, 15) is 9.59 Å². The van der Waals surface area contributed by atoms with Crippen molar-refractivity contribution < 1.29 is 9.59 Å². The van der Waals surface area contributed by atoms with E-state index in [1.54, 1.807) is 30.0 Å². The summed E-state index contributed by atoms with van der Waals surface area (Å²) >= 11 is 13.7. The van der Waals surface area contributed by atoms with Crippen molar-refractivity contribution in [1.29, 1.82) is 0 Å². The van der Waals surface area contributed by atoms with E-state index in [-0.39, 0.29) is 23.6 Å². The number of carbonyl (C=O) groups excluding carboxylic acids is 2. The topological polar surface area (TPSA) is 49.4 Å². The van der Waals surface area contributed by atoms with Crippen LogP contribution in [0.5, 0.6) is 0 Å². The second-order valence-electron chi connectivity index (χ2n) is 7.52. The molecule has 30 heavy (non-hydrogen) atoms. The van der Waals surface area contributed by atoms with Crippen LogP contribution in [0.25, 0.3) is 0 Å². The molecule has 0 bridgehead atoms. The lowest BCUT2D eigenvalue weighted by Crippen LogP contribution is -2.50. The Kier molecular flexibility index (Phi) is 8.49. The molecule has 1 fully saturated rings. The lowest BCUT2D eigenvalue weighted by atomic mass is 10.1. The lowest BCUT2D eigenvalue weighted by Gasteiger charge is -2.30. The Labute approximate surface area is 192 Å². The third-order valence-electron chi connectivity index (χ3n) is 5.34. The van der Waals surface area contributed by atoms with Crippen LogP contribution in [0.4, 0.5) is 0 Å². The van der Waals surface area contributed by atoms with Crippen LogP contribution in [0.1, 0.15) is 38.2 Å². The van der Waals surface area contributed by atoms with Gasteiger partial charge in [0.15, 0.2) is 0 Å². The molecular weight excluding hydrogens is 439 g/mol. The second-order valence-corrected chi connectivity index (χ2v) is 9.41. The quantitative estimate of drug-likeness (QED) is 0.520. The molecule has 4 nitrogen and oxygen atoms in total. The van der Waals surface area contributed by atoms with Crippen molar-refractivity contribution in [2.45, 2.75) is 56.1 Å². The molecule has 2 aromatic carbocycles. The minimum absolute atomic E-state index is 0.107. The molecule has 7 heteroatoms. The summed E-state index contributed by atoms with van der Waals surface area (Å²) in [5.41, 5.74) is 0.824. The van der Waals surface area contributed by atoms with Crippen LogP contribution in [0, 0.1) is 0 Å². The van der Waals surface area contributed by atoms with Gasteiger partial charge in [-0.1, -0.05) is 54.2 Å². The molecule has 1 saturated carbocycles. The number of nitrogens with zero attached hydrogens (tertiary/aromatic N) is 1. The summed E-state index contributed by atoms with van der Waals surface area (Å²) in [7, 11) is 0. The fraction of sp³-hybridized carbons (Fsp3) is 0.391. The summed E-state index contributed by atoms with van der Waals surface area (Å²) in [6.07, 6.45) is 4.28. The van der Waals surface area contributed by atoms with Gasteiger partial charge in [-0.05, 0) is 55.7 Å². The average molecular weight is 465 g/mol. The number of rotatable bonds is 8. The molecule has 2 amide bonds. The maximum Gasteiger partial charge on any atom is 0.242 e. The Morgan fingerprint density at radius 3 is 2.43 bits per heavy atom. The second kappa shape index (κ2) is 11.1. The van der Waals surface area contributed by atoms with E-state index in [1.165, 1.54) is 11.8 Å². The first kappa shape index (κ1) is 23.0. The predicted molar refractivity (Wildman–Crippen MR) is 124 cm³/mol. The fourth-order valence-corrected chi connectivity index (χ4v) is 4.65. The van der Waals surface area contributed by atoms with Crippen LogP contribution in [0.2, 0.25) is 10.0 Å². The largest absolute Gasteiger partial charge is 0.352 e. The number of hydrogen-bond acceptors (Lipinski definition) is 3. The van der Waals surface area contributed by atoms with Gasteiger partial charge in [0.2, 0.25) is 11.8 Å². The zero-order valence-corrected chi connectivity index (χ0v) is 19.3. The van der Waals surface area contributed by atoms with Crippen LogP contribution in [0.3, 0.4) is 0 Å². The zero-order valence-electron chi connectivity index (χ0n) is 16.9. The van der Waals surface area contributed by atoms with Crippen molar-refractivity contribution in [3.63, 3.8) is 0 Å². The van der Waals surface area contributed by atoms with E-state index >= 15 is 0 Å². The normalized spacial score (nSPS) is 15.0. The molecule has 160 valence electrons. The average Bonchev–Trinajstić information content (AvgIpc) is 3.25. The van der Waals surface area contributed by atoms with Gasteiger partial charge >= 0.3 is 0 Å². The number of thioether (sulfide) groups is 1. The lowest BCUT2D eigenvalue weighted by molar-refractivity contribution is -0.138. The van der Waals surface area contributed by atoms with Gasteiger partial charge in [0.05, 0.1) is 5.75 Å². The molecule has 0 radical (unpaired) electrons. The minimum Gasteiger partial charge on any atom is -0.352 e. The molecule has 2 aromatic rings. The molecule has 0 aromatic heterocycles. The van der Waals surface area contributed by atoms with Gasteiger partial charge in [-0.3, -0.25) is 9.59 Å². The SMILES string of the molecule is CC(C(=O)NC1CCCC1)N(Cc1ccccc1Cl)C(=O)CSc1ccc(Cl)cc1. The first-order valence-corrected chi connectivity index (χ1v) is 11.9. The fourth-order valence-electron chi connectivity index (χ4n) is 3.54. The van der Waals surface area contributed by atoms with Gasteiger partial charge in [0.1, 0.15) is 6.04 Å². The smallest absolute Gasteiger partial charge is 0.242 e. The molecule has 0 aliphatic heterocycles. The van der Waals surface area contributed by atoms with E-state index in [0.29, 0.717) is 16.6 Å². The summed E-state index contributed by atoms with van der Waals surface area (Å²) in [5.74, 6) is 0.00961. The summed E-state index contributed by atoms with van der Waals surface area (Å²) < 4.78 is 0. The Morgan fingerprint density at radius 1 is 1.10 bits per heavy atom. The number of benzene rings is 2. The van der Waals surface area contributed by atoms with Gasteiger partial charge in [-0.25, -0.2) is 0 Å². The molecule has 1 N–H and O–H groups in total. The highest BCUT2D eigenvalue weighted by molar-refractivity contribution is 8.00. The predicted octanol–water partition coefficient (Wildman–Crippen LogP) is 5.56. The highest BCUT2D eigenvalue weighted by Crippen LogP contribution is 2.24. The summed E-state index contributed by atoms with van der Waals surface area (Å²) in [6, 6.07) is 14.4. The van der Waals surface area contributed by atoms with E-state index < -0.39 is 6.04 Å². The molecule has 0 heterocycles. The molecule has 1 atom stereocenters. The van der Waals surface area contributed by atoms with Gasteiger partial charge in [-0.2, -0.15) is 0 Å². The van der Waals surface area contributed by atoms with Gasteiger partial charge in [-0.15, -0.1) is 11.8 Å². The van der Waals surface area contributed by atoms with Crippen molar-refractivity contribution in [2.24, 2.45) is 0 Å². The van der Waals surface area contributed by atoms with E-state index in [4.69, 9.17) is 23.2 Å². The highest BCUT2D eigenvalue weighted by atomic mass is 35.5.